The Morgan fingerprint density at radius 1 is 1.17 bits per heavy atom. The second-order valence-corrected chi connectivity index (χ2v) is 9.20. The smallest absolute Gasteiger partial charge is 0.269 e. The normalized spacial score (nSPS) is 11.5. The lowest BCUT2D eigenvalue weighted by atomic mass is 10.2. The number of nitro benzene ring substituents is 1. The zero-order valence-corrected chi connectivity index (χ0v) is 16.9. The minimum absolute atomic E-state index is 0.0966. The summed E-state index contributed by atoms with van der Waals surface area (Å²) in [6.07, 6.45) is 3.90. The summed E-state index contributed by atoms with van der Waals surface area (Å²) in [6.45, 7) is 0. The van der Waals surface area contributed by atoms with Gasteiger partial charge < -0.3 is 0 Å². The van der Waals surface area contributed by atoms with Crippen molar-refractivity contribution in [1.29, 1.82) is 0 Å². The number of halogens is 1. The van der Waals surface area contributed by atoms with Gasteiger partial charge in [-0.15, -0.1) is 0 Å². The molecule has 0 atom stereocenters. The molecule has 0 saturated heterocycles. The maximum Gasteiger partial charge on any atom is 0.269 e. The van der Waals surface area contributed by atoms with Crippen LogP contribution in [0, 0.1) is 10.1 Å². The van der Waals surface area contributed by atoms with Gasteiger partial charge in [0.1, 0.15) is 4.21 Å². The van der Waals surface area contributed by atoms with Crippen LogP contribution in [0.2, 0.25) is 5.02 Å². The molecule has 1 aromatic heterocycles. The summed E-state index contributed by atoms with van der Waals surface area (Å²) in [6, 6.07) is 11.5. The van der Waals surface area contributed by atoms with Gasteiger partial charge in [-0.3, -0.25) is 20.2 Å². The highest BCUT2D eigenvalue weighted by molar-refractivity contribution is 7.93. The number of nitrogens with zero attached hydrogens (tertiary/aromatic N) is 2. The Hall–Kier alpha value is -3.08. The second kappa shape index (κ2) is 8.52. The number of thiazole rings is 1. The fourth-order valence-electron chi connectivity index (χ4n) is 2.23. The van der Waals surface area contributed by atoms with Crippen molar-refractivity contribution in [1.82, 2.24) is 4.98 Å². The highest BCUT2D eigenvalue weighted by Gasteiger charge is 2.22. The highest BCUT2D eigenvalue weighted by Crippen LogP contribution is 2.29. The van der Waals surface area contributed by atoms with Crippen LogP contribution < -0.4 is 5.32 Å². The van der Waals surface area contributed by atoms with Gasteiger partial charge in [0.25, 0.3) is 5.69 Å². The van der Waals surface area contributed by atoms with Crippen LogP contribution in [0.3, 0.4) is 0 Å². The van der Waals surface area contributed by atoms with Gasteiger partial charge >= 0.3 is 0 Å². The number of benzene rings is 2. The van der Waals surface area contributed by atoms with Crippen molar-refractivity contribution in [2.24, 2.45) is 0 Å². The molecule has 148 valence electrons. The number of aromatic nitrogens is 1. The van der Waals surface area contributed by atoms with E-state index < -0.39 is 20.7 Å². The molecule has 0 bridgehead atoms. The van der Waals surface area contributed by atoms with Crippen molar-refractivity contribution in [3.8, 4) is 0 Å². The number of anilines is 1. The molecule has 2 aromatic carbocycles. The van der Waals surface area contributed by atoms with Gasteiger partial charge in [-0.05, 0) is 29.8 Å². The zero-order chi connectivity index (χ0) is 21.0. The van der Waals surface area contributed by atoms with Gasteiger partial charge in [0, 0.05) is 23.2 Å². The van der Waals surface area contributed by atoms with E-state index in [1.165, 1.54) is 12.2 Å². The Labute approximate surface area is 174 Å². The summed E-state index contributed by atoms with van der Waals surface area (Å²) in [5.41, 5.74) is 0.441. The average Bonchev–Trinajstić information content (AvgIpc) is 3.16. The molecule has 0 saturated carbocycles. The van der Waals surface area contributed by atoms with Crippen LogP contribution in [0.15, 0.2) is 69.9 Å². The van der Waals surface area contributed by atoms with Gasteiger partial charge in [0.15, 0.2) is 5.13 Å². The largest absolute Gasteiger partial charge is 0.298 e. The average molecular weight is 450 g/mol. The Balaban J connectivity index is 1.73. The number of sulfone groups is 1. The fourth-order valence-corrected chi connectivity index (χ4v) is 4.86. The number of nitro groups is 1. The van der Waals surface area contributed by atoms with Crippen molar-refractivity contribution in [3.63, 3.8) is 0 Å². The van der Waals surface area contributed by atoms with Crippen LogP contribution in [0.4, 0.5) is 10.8 Å². The predicted octanol–water partition coefficient (Wildman–Crippen LogP) is 4.19. The lowest BCUT2D eigenvalue weighted by Gasteiger charge is -2.01. The monoisotopic (exact) mass is 449 g/mol. The van der Waals surface area contributed by atoms with E-state index >= 15 is 0 Å². The van der Waals surface area contributed by atoms with Gasteiger partial charge in [0.2, 0.25) is 15.7 Å². The molecule has 1 heterocycles. The molecular weight excluding hydrogens is 438 g/mol. The first kappa shape index (κ1) is 20.6. The highest BCUT2D eigenvalue weighted by atomic mass is 35.5. The number of carbonyl (C=O) groups is 1. The minimum atomic E-state index is -3.91. The number of non-ortho nitro benzene ring substituents is 1. The maximum atomic E-state index is 12.6. The Kier molecular flexibility index (Phi) is 6.06. The van der Waals surface area contributed by atoms with Crippen LogP contribution >= 0.6 is 22.9 Å². The molecule has 0 radical (unpaired) electrons. The molecule has 11 heteroatoms. The number of rotatable bonds is 6. The first-order chi connectivity index (χ1) is 13.8. The topological polar surface area (TPSA) is 119 Å². The maximum absolute atomic E-state index is 12.6. The van der Waals surface area contributed by atoms with Crippen molar-refractivity contribution >= 4 is 55.6 Å². The van der Waals surface area contributed by atoms with E-state index in [1.807, 2.05) is 0 Å². The lowest BCUT2D eigenvalue weighted by Crippen LogP contribution is -2.07. The first-order valence-electron chi connectivity index (χ1n) is 7.96. The third-order valence-electron chi connectivity index (χ3n) is 3.66. The molecular formula is C18H12ClN3O5S2. The predicted molar refractivity (Wildman–Crippen MR) is 110 cm³/mol. The summed E-state index contributed by atoms with van der Waals surface area (Å²) >= 11 is 6.78. The summed E-state index contributed by atoms with van der Waals surface area (Å²) in [5, 5.41) is 13.8. The number of hydrogen-bond donors (Lipinski definition) is 1. The Bertz CT molecular complexity index is 1200. The molecule has 0 fully saturated rings. The number of nitrogens with one attached hydrogen (secondary N) is 1. The molecule has 0 aliphatic rings. The molecule has 3 aromatic rings. The summed E-state index contributed by atoms with van der Waals surface area (Å²) in [4.78, 5) is 25.9. The molecule has 29 heavy (non-hydrogen) atoms. The molecule has 0 aliphatic carbocycles. The van der Waals surface area contributed by atoms with Crippen molar-refractivity contribution in [2.45, 2.75) is 9.10 Å². The van der Waals surface area contributed by atoms with Gasteiger partial charge in [0.05, 0.1) is 16.0 Å². The zero-order valence-electron chi connectivity index (χ0n) is 14.5. The molecule has 8 nitrogen and oxygen atoms in total. The van der Waals surface area contributed by atoms with Gasteiger partial charge in [-0.1, -0.05) is 41.1 Å². The molecule has 0 spiro atoms. The standard InChI is InChI=1S/C18H12ClN3O5S2/c19-15-4-2-1-3-12(15)5-10-16(23)21-18-20-11-17(28-18)29(26,27)14-8-6-13(7-9-14)22(24)25/h1-11H,(H,20,21,23)/b10-5+. The number of hydrogen-bond acceptors (Lipinski definition) is 7. The van der Waals surface area contributed by atoms with E-state index in [2.05, 4.69) is 10.3 Å². The summed E-state index contributed by atoms with van der Waals surface area (Å²) in [5.74, 6) is -0.501. The SMILES string of the molecule is O=C(/C=C/c1ccccc1Cl)Nc1ncc(S(=O)(=O)c2ccc([N+](=O)[O-])cc2)s1. The number of amides is 1. The van der Waals surface area contributed by atoms with Crippen molar-refractivity contribution in [2.75, 3.05) is 5.32 Å². The van der Waals surface area contributed by atoms with Crippen LogP contribution in [-0.2, 0) is 14.6 Å². The third-order valence-corrected chi connectivity index (χ3v) is 7.14. The van der Waals surface area contributed by atoms with E-state index in [0.29, 0.717) is 10.6 Å². The van der Waals surface area contributed by atoms with Crippen LogP contribution in [0.5, 0.6) is 0 Å². The van der Waals surface area contributed by atoms with E-state index in [9.17, 15) is 23.3 Å². The van der Waals surface area contributed by atoms with E-state index in [1.54, 1.807) is 24.3 Å². The second-order valence-electron chi connectivity index (χ2n) is 5.58. The van der Waals surface area contributed by atoms with Gasteiger partial charge in [-0.25, -0.2) is 13.4 Å². The van der Waals surface area contributed by atoms with E-state index in [0.717, 1.165) is 41.8 Å². The number of carbonyl (C=O) groups excluding carboxylic acids is 1. The molecule has 1 amide bonds. The fraction of sp³-hybridized carbons (Fsp3) is 0. The molecule has 1 N–H and O–H groups in total. The Morgan fingerprint density at radius 3 is 2.52 bits per heavy atom. The van der Waals surface area contributed by atoms with E-state index in [4.69, 9.17) is 11.6 Å². The van der Waals surface area contributed by atoms with Gasteiger partial charge in [-0.2, -0.15) is 0 Å². The van der Waals surface area contributed by atoms with E-state index in [-0.39, 0.29) is 19.9 Å². The quantitative estimate of drug-likeness (QED) is 0.342. The molecule has 0 unspecified atom stereocenters. The molecule has 0 aliphatic heterocycles. The van der Waals surface area contributed by atoms with Crippen LogP contribution in [0.25, 0.3) is 6.08 Å². The van der Waals surface area contributed by atoms with Crippen LogP contribution in [0.1, 0.15) is 5.56 Å². The third kappa shape index (κ3) is 4.86. The van der Waals surface area contributed by atoms with Crippen molar-refractivity contribution < 1.29 is 18.1 Å². The lowest BCUT2D eigenvalue weighted by molar-refractivity contribution is -0.384. The summed E-state index contributed by atoms with van der Waals surface area (Å²) in [7, 11) is -3.91. The summed E-state index contributed by atoms with van der Waals surface area (Å²) < 4.78 is 25.1. The minimum Gasteiger partial charge on any atom is -0.298 e. The molecule has 3 rings (SSSR count). The Morgan fingerprint density at radius 2 is 1.86 bits per heavy atom. The van der Waals surface area contributed by atoms with Crippen LogP contribution in [-0.4, -0.2) is 24.2 Å². The first-order valence-corrected chi connectivity index (χ1v) is 10.6. The van der Waals surface area contributed by atoms with Crippen molar-refractivity contribution in [3.05, 3.63) is 81.5 Å².